The molecule has 0 saturated carbocycles. The van der Waals surface area contributed by atoms with E-state index in [0.29, 0.717) is 17.5 Å². The van der Waals surface area contributed by atoms with Crippen LogP contribution in [-0.4, -0.2) is 9.97 Å². The van der Waals surface area contributed by atoms with Gasteiger partial charge in [-0.15, -0.1) is 0 Å². The molecule has 0 atom stereocenters. The summed E-state index contributed by atoms with van der Waals surface area (Å²) in [7, 11) is 0. The van der Waals surface area contributed by atoms with Crippen LogP contribution in [0.3, 0.4) is 0 Å². The average molecular weight is 252 g/mol. The lowest BCUT2D eigenvalue weighted by Crippen LogP contribution is -1.88. The molecule has 2 heterocycles. The molecule has 1 aromatic carbocycles. The van der Waals surface area contributed by atoms with Crippen molar-refractivity contribution in [3.8, 4) is 11.3 Å². The van der Waals surface area contributed by atoms with Gasteiger partial charge in [0, 0.05) is 12.5 Å². The first-order chi connectivity index (χ1) is 9.13. The van der Waals surface area contributed by atoms with Gasteiger partial charge < -0.3 is 4.42 Å². The van der Waals surface area contributed by atoms with E-state index in [4.69, 9.17) is 4.42 Å². The van der Waals surface area contributed by atoms with E-state index in [1.54, 1.807) is 0 Å². The summed E-state index contributed by atoms with van der Waals surface area (Å²) in [5.74, 6) is 1.19. The van der Waals surface area contributed by atoms with Crippen molar-refractivity contribution in [2.45, 2.75) is 26.7 Å². The predicted octanol–water partition coefficient (Wildman–Crippen LogP) is 4.32. The van der Waals surface area contributed by atoms with E-state index in [-0.39, 0.29) is 0 Å². The van der Waals surface area contributed by atoms with Gasteiger partial charge in [0.1, 0.15) is 0 Å². The number of benzene rings is 1. The summed E-state index contributed by atoms with van der Waals surface area (Å²) in [5, 5.41) is 0. The molecule has 3 aromatic rings. The normalized spacial score (nSPS) is 11.4. The van der Waals surface area contributed by atoms with Crippen molar-refractivity contribution in [1.29, 1.82) is 0 Å². The van der Waals surface area contributed by atoms with Gasteiger partial charge in [0.2, 0.25) is 0 Å². The van der Waals surface area contributed by atoms with Gasteiger partial charge in [0.05, 0.1) is 5.69 Å². The van der Waals surface area contributed by atoms with Crippen LogP contribution in [-0.2, 0) is 0 Å². The Balaban J connectivity index is 2.03. The molecule has 0 spiro atoms. The highest BCUT2D eigenvalue weighted by atomic mass is 16.3. The molecule has 0 bridgehead atoms. The molecular formula is C16H16N2O. The Hall–Kier alpha value is -2.16. The number of rotatable bonds is 2. The smallest absolute Gasteiger partial charge is 0.199 e. The van der Waals surface area contributed by atoms with Crippen LogP contribution in [0, 0.1) is 6.92 Å². The summed E-state index contributed by atoms with van der Waals surface area (Å²) < 4.78 is 5.44. The van der Waals surface area contributed by atoms with E-state index in [2.05, 4.69) is 48.1 Å². The van der Waals surface area contributed by atoms with E-state index in [9.17, 15) is 0 Å². The van der Waals surface area contributed by atoms with Crippen LogP contribution in [0.25, 0.3) is 22.5 Å². The molecule has 0 fully saturated rings. The molecule has 0 amide bonds. The highest BCUT2D eigenvalue weighted by molar-refractivity contribution is 5.73. The summed E-state index contributed by atoms with van der Waals surface area (Å²) in [6, 6.07) is 12.4. The number of hydrogen-bond acceptors (Lipinski definition) is 3. The maximum absolute atomic E-state index is 5.44. The van der Waals surface area contributed by atoms with E-state index in [0.717, 1.165) is 16.8 Å². The van der Waals surface area contributed by atoms with Gasteiger partial charge in [0.15, 0.2) is 17.1 Å². The minimum absolute atomic E-state index is 0.544. The molecule has 3 nitrogen and oxygen atoms in total. The lowest BCUT2D eigenvalue weighted by atomic mass is 10.0. The van der Waals surface area contributed by atoms with Gasteiger partial charge in [-0.25, -0.2) is 4.98 Å². The van der Waals surface area contributed by atoms with E-state index >= 15 is 0 Å². The summed E-state index contributed by atoms with van der Waals surface area (Å²) >= 11 is 0. The number of aromatic nitrogens is 2. The first kappa shape index (κ1) is 11.9. The Kier molecular flexibility index (Phi) is 2.82. The van der Waals surface area contributed by atoms with E-state index in [1.807, 2.05) is 19.1 Å². The molecule has 0 saturated heterocycles. The van der Waals surface area contributed by atoms with Gasteiger partial charge >= 0.3 is 0 Å². The zero-order valence-electron chi connectivity index (χ0n) is 11.3. The predicted molar refractivity (Wildman–Crippen MR) is 76.1 cm³/mol. The summed E-state index contributed by atoms with van der Waals surface area (Å²) in [6.07, 6.45) is 0. The monoisotopic (exact) mass is 252 g/mol. The van der Waals surface area contributed by atoms with Crippen molar-refractivity contribution in [3.63, 3.8) is 0 Å². The summed E-state index contributed by atoms with van der Waals surface area (Å²) in [6.45, 7) is 6.22. The lowest BCUT2D eigenvalue weighted by Gasteiger charge is -2.06. The van der Waals surface area contributed by atoms with Crippen LogP contribution in [0.15, 0.2) is 40.8 Å². The summed E-state index contributed by atoms with van der Waals surface area (Å²) in [4.78, 5) is 8.80. The zero-order chi connectivity index (χ0) is 13.4. The van der Waals surface area contributed by atoms with Crippen molar-refractivity contribution in [2.24, 2.45) is 0 Å². The number of aryl methyl sites for hydroxylation is 1. The van der Waals surface area contributed by atoms with Crippen molar-refractivity contribution < 1.29 is 4.42 Å². The number of oxazole rings is 1. The first-order valence-electron chi connectivity index (χ1n) is 6.48. The Labute approximate surface area is 112 Å². The molecule has 0 unspecified atom stereocenters. The molecule has 0 radical (unpaired) electrons. The second-order valence-corrected chi connectivity index (χ2v) is 5.03. The Morgan fingerprint density at radius 2 is 1.68 bits per heavy atom. The van der Waals surface area contributed by atoms with Crippen LogP contribution in [0.1, 0.15) is 31.2 Å². The second kappa shape index (κ2) is 4.50. The molecule has 2 aromatic heterocycles. The molecule has 3 heteroatoms. The van der Waals surface area contributed by atoms with Gasteiger partial charge in [-0.1, -0.05) is 38.1 Å². The molecule has 19 heavy (non-hydrogen) atoms. The molecule has 0 aliphatic carbocycles. The lowest BCUT2D eigenvalue weighted by molar-refractivity contribution is 0.561. The Bertz CT molecular complexity index is 711. The fourth-order valence-electron chi connectivity index (χ4n) is 2.13. The van der Waals surface area contributed by atoms with Crippen LogP contribution < -0.4 is 0 Å². The number of fused-ring (bicyclic) bond motifs is 1. The minimum atomic E-state index is 0.544. The Morgan fingerprint density at radius 1 is 0.947 bits per heavy atom. The Morgan fingerprint density at radius 3 is 2.37 bits per heavy atom. The highest BCUT2D eigenvalue weighted by Crippen LogP contribution is 2.23. The zero-order valence-corrected chi connectivity index (χ0v) is 11.3. The molecule has 3 rings (SSSR count). The highest BCUT2D eigenvalue weighted by Gasteiger charge is 2.07. The SMILES string of the molecule is Cc1nc2nc(-c3ccc(C(C)C)cc3)ccc2o1. The number of nitrogens with zero attached hydrogens (tertiary/aromatic N) is 2. The minimum Gasteiger partial charge on any atom is -0.439 e. The fourth-order valence-corrected chi connectivity index (χ4v) is 2.13. The fraction of sp³-hybridized carbons (Fsp3) is 0.250. The van der Waals surface area contributed by atoms with E-state index in [1.165, 1.54) is 5.56 Å². The quantitative estimate of drug-likeness (QED) is 0.681. The van der Waals surface area contributed by atoms with Crippen molar-refractivity contribution >= 4 is 11.2 Å². The van der Waals surface area contributed by atoms with Gasteiger partial charge in [-0.3, -0.25) is 0 Å². The summed E-state index contributed by atoms with van der Waals surface area (Å²) in [5.41, 5.74) is 4.77. The molecule has 0 aliphatic heterocycles. The number of pyridine rings is 1. The van der Waals surface area contributed by atoms with Crippen LogP contribution in [0.5, 0.6) is 0 Å². The van der Waals surface area contributed by atoms with Gasteiger partial charge in [0.25, 0.3) is 0 Å². The van der Waals surface area contributed by atoms with Crippen molar-refractivity contribution in [3.05, 3.63) is 47.9 Å². The van der Waals surface area contributed by atoms with E-state index < -0.39 is 0 Å². The third kappa shape index (κ3) is 2.24. The molecule has 0 N–H and O–H groups in total. The molecular weight excluding hydrogens is 236 g/mol. The van der Waals surface area contributed by atoms with Crippen LogP contribution in [0.2, 0.25) is 0 Å². The van der Waals surface area contributed by atoms with Crippen molar-refractivity contribution in [2.75, 3.05) is 0 Å². The first-order valence-corrected chi connectivity index (χ1v) is 6.48. The van der Waals surface area contributed by atoms with Gasteiger partial charge in [-0.05, 0) is 23.6 Å². The molecule has 96 valence electrons. The maximum atomic E-state index is 5.44. The standard InChI is InChI=1S/C16H16N2O/c1-10(2)12-4-6-13(7-5-12)14-8-9-15-16(18-14)17-11(3)19-15/h4-10H,1-3H3. The molecule has 0 aliphatic rings. The topological polar surface area (TPSA) is 38.9 Å². The largest absolute Gasteiger partial charge is 0.439 e. The van der Waals surface area contributed by atoms with Crippen LogP contribution >= 0.6 is 0 Å². The van der Waals surface area contributed by atoms with Crippen LogP contribution in [0.4, 0.5) is 0 Å². The number of hydrogen-bond donors (Lipinski definition) is 0. The van der Waals surface area contributed by atoms with Gasteiger partial charge in [-0.2, -0.15) is 4.98 Å². The third-order valence-electron chi connectivity index (χ3n) is 3.23. The van der Waals surface area contributed by atoms with Crippen molar-refractivity contribution in [1.82, 2.24) is 9.97 Å². The second-order valence-electron chi connectivity index (χ2n) is 5.03. The average Bonchev–Trinajstić information content (AvgIpc) is 2.77. The maximum Gasteiger partial charge on any atom is 0.199 e. The third-order valence-corrected chi connectivity index (χ3v) is 3.23.